The number of hydrogen-bond donors (Lipinski definition) is 2. The van der Waals surface area contributed by atoms with Crippen molar-refractivity contribution in [3.05, 3.63) is 29.8 Å². The zero-order valence-electron chi connectivity index (χ0n) is 14.5. The third-order valence-electron chi connectivity index (χ3n) is 4.92. The first-order valence-electron chi connectivity index (χ1n) is 8.56. The Morgan fingerprint density at radius 2 is 2.09 bits per heavy atom. The van der Waals surface area contributed by atoms with E-state index in [1.165, 1.54) is 0 Å². The molecule has 1 aromatic carbocycles. The maximum atomic E-state index is 12.5. The van der Waals surface area contributed by atoms with Crippen LogP contribution >= 0.6 is 0 Å². The fraction of sp³-hybridized carbons (Fsp3) is 0.632. The van der Waals surface area contributed by atoms with Crippen molar-refractivity contribution in [1.29, 1.82) is 0 Å². The van der Waals surface area contributed by atoms with Gasteiger partial charge >= 0.3 is 0 Å². The molecule has 0 bridgehead atoms. The Morgan fingerprint density at radius 3 is 2.74 bits per heavy atom. The fourth-order valence-corrected chi connectivity index (χ4v) is 3.37. The number of phenolic OH excluding ortho intramolecular Hbond substituents is 1. The zero-order chi connectivity index (χ0) is 17.0. The molecule has 0 saturated carbocycles. The van der Waals surface area contributed by atoms with E-state index in [0.29, 0.717) is 38.3 Å². The number of carbonyl (C=O) groups is 1. The molecule has 4 nitrogen and oxygen atoms in total. The molecule has 1 fully saturated rings. The number of phenols is 1. The van der Waals surface area contributed by atoms with E-state index >= 15 is 0 Å². The highest BCUT2D eigenvalue weighted by atomic mass is 16.3. The minimum absolute atomic E-state index is 0.109. The molecule has 1 aliphatic rings. The molecule has 2 N–H and O–H groups in total. The molecule has 4 heteroatoms. The zero-order valence-corrected chi connectivity index (χ0v) is 14.5. The van der Waals surface area contributed by atoms with E-state index < -0.39 is 5.60 Å². The van der Waals surface area contributed by atoms with Crippen LogP contribution in [0.2, 0.25) is 0 Å². The number of piperidine rings is 1. The van der Waals surface area contributed by atoms with Crippen LogP contribution in [0.1, 0.15) is 45.6 Å². The van der Waals surface area contributed by atoms with Crippen LogP contribution in [0.5, 0.6) is 5.75 Å². The number of hydrogen-bond acceptors (Lipinski definition) is 3. The quantitative estimate of drug-likeness (QED) is 0.877. The predicted molar refractivity (Wildman–Crippen MR) is 91.2 cm³/mol. The summed E-state index contributed by atoms with van der Waals surface area (Å²) in [6.07, 6.45) is 2.50. The lowest BCUT2D eigenvalue weighted by Crippen LogP contribution is -2.52. The van der Waals surface area contributed by atoms with E-state index in [0.717, 1.165) is 12.0 Å². The number of nitrogens with zero attached hydrogens (tertiary/aromatic N) is 1. The summed E-state index contributed by atoms with van der Waals surface area (Å²) in [4.78, 5) is 14.4. The highest BCUT2D eigenvalue weighted by Crippen LogP contribution is 2.32. The van der Waals surface area contributed by atoms with Gasteiger partial charge in [-0.05, 0) is 43.7 Å². The van der Waals surface area contributed by atoms with E-state index in [1.807, 2.05) is 24.0 Å². The van der Waals surface area contributed by atoms with Crippen molar-refractivity contribution >= 4 is 5.91 Å². The second-order valence-electron chi connectivity index (χ2n) is 7.40. The first-order chi connectivity index (χ1) is 10.8. The van der Waals surface area contributed by atoms with Gasteiger partial charge in [-0.2, -0.15) is 0 Å². The average Bonchev–Trinajstić information content (AvgIpc) is 2.48. The molecule has 0 unspecified atom stereocenters. The highest BCUT2D eigenvalue weighted by Gasteiger charge is 2.38. The van der Waals surface area contributed by atoms with Gasteiger partial charge in [-0.3, -0.25) is 4.79 Å². The van der Waals surface area contributed by atoms with Crippen molar-refractivity contribution in [3.63, 3.8) is 0 Å². The van der Waals surface area contributed by atoms with Gasteiger partial charge in [0.15, 0.2) is 0 Å². The van der Waals surface area contributed by atoms with Crippen molar-refractivity contribution in [2.24, 2.45) is 11.8 Å². The van der Waals surface area contributed by atoms with Crippen molar-refractivity contribution in [1.82, 2.24) is 4.90 Å². The number of carbonyl (C=O) groups excluding carboxylic acids is 1. The fourth-order valence-electron chi connectivity index (χ4n) is 3.37. The van der Waals surface area contributed by atoms with Crippen LogP contribution in [0.3, 0.4) is 0 Å². The number of amides is 1. The van der Waals surface area contributed by atoms with Crippen LogP contribution in [0, 0.1) is 11.8 Å². The van der Waals surface area contributed by atoms with E-state index in [9.17, 15) is 15.0 Å². The molecule has 1 heterocycles. The normalized spacial score (nSPS) is 24.9. The smallest absolute Gasteiger partial charge is 0.222 e. The molecule has 0 radical (unpaired) electrons. The number of aryl methyl sites for hydroxylation is 1. The Hall–Kier alpha value is -1.55. The minimum Gasteiger partial charge on any atom is -0.508 e. The third-order valence-corrected chi connectivity index (χ3v) is 4.92. The largest absolute Gasteiger partial charge is 0.508 e. The maximum Gasteiger partial charge on any atom is 0.222 e. The molecule has 1 saturated heterocycles. The van der Waals surface area contributed by atoms with Gasteiger partial charge in [-0.1, -0.05) is 32.0 Å². The average molecular weight is 319 g/mol. The Kier molecular flexibility index (Phi) is 5.69. The molecule has 0 aromatic heterocycles. The number of rotatable bonds is 5. The van der Waals surface area contributed by atoms with E-state index in [-0.39, 0.29) is 17.6 Å². The summed E-state index contributed by atoms with van der Waals surface area (Å²) in [5.41, 5.74) is 0.127. The van der Waals surface area contributed by atoms with Gasteiger partial charge < -0.3 is 15.1 Å². The molecule has 2 atom stereocenters. The maximum absolute atomic E-state index is 12.5. The van der Waals surface area contributed by atoms with Crippen LogP contribution in [0.25, 0.3) is 0 Å². The van der Waals surface area contributed by atoms with Crippen LogP contribution < -0.4 is 0 Å². The summed E-state index contributed by atoms with van der Waals surface area (Å²) < 4.78 is 0. The number of benzene rings is 1. The second-order valence-corrected chi connectivity index (χ2v) is 7.40. The van der Waals surface area contributed by atoms with E-state index in [2.05, 4.69) is 13.8 Å². The molecule has 0 aliphatic carbocycles. The lowest BCUT2D eigenvalue weighted by Gasteiger charge is -2.43. The Balaban J connectivity index is 1.93. The van der Waals surface area contributed by atoms with Crippen molar-refractivity contribution < 1.29 is 15.0 Å². The van der Waals surface area contributed by atoms with Crippen LogP contribution in [0.4, 0.5) is 0 Å². The molecule has 23 heavy (non-hydrogen) atoms. The van der Waals surface area contributed by atoms with Gasteiger partial charge in [-0.15, -0.1) is 0 Å². The topological polar surface area (TPSA) is 60.8 Å². The van der Waals surface area contributed by atoms with Gasteiger partial charge in [0.25, 0.3) is 0 Å². The highest BCUT2D eigenvalue weighted by molar-refractivity contribution is 5.76. The molecule has 1 amide bonds. The van der Waals surface area contributed by atoms with Gasteiger partial charge in [0.1, 0.15) is 5.75 Å². The molecular formula is C19H29NO3. The van der Waals surface area contributed by atoms with Gasteiger partial charge in [0.05, 0.1) is 5.60 Å². The van der Waals surface area contributed by atoms with Crippen LogP contribution in [0.15, 0.2) is 24.3 Å². The molecule has 2 rings (SSSR count). The lowest BCUT2D eigenvalue weighted by molar-refractivity contribution is -0.139. The molecule has 1 aromatic rings. The summed E-state index contributed by atoms with van der Waals surface area (Å²) in [5, 5.41) is 20.3. The first kappa shape index (κ1) is 17.8. The second kappa shape index (κ2) is 7.35. The number of likely N-dealkylation sites (tertiary alicyclic amines) is 1. The predicted octanol–water partition coefficient (Wildman–Crippen LogP) is 2.97. The van der Waals surface area contributed by atoms with E-state index in [1.54, 1.807) is 12.1 Å². The summed E-state index contributed by atoms with van der Waals surface area (Å²) >= 11 is 0. The van der Waals surface area contributed by atoms with Gasteiger partial charge in [0, 0.05) is 25.4 Å². The summed E-state index contributed by atoms with van der Waals surface area (Å²) in [6.45, 7) is 7.43. The van der Waals surface area contributed by atoms with Crippen molar-refractivity contribution in [3.8, 4) is 5.75 Å². The van der Waals surface area contributed by atoms with Gasteiger partial charge in [0.2, 0.25) is 5.91 Å². The molecular weight excluding hydrogens is 290 g/mol. The molecule has 0 spiro atoms. The number of aromatic hydroxyl groups is 1. The van der Waals surface area contributed by atoms with Crippen molar-refractivity contribution in [2.75, 3.05) is 13.1 Å². The van der Waals surface area contributed by atoms with Crippen LogP contribution in [-0.4, -0.2) is 39.7 Å². The Morgan fingerprint density at radius 1 is 1.39 bits per heavy atom. The lowest BCUT2D eigenvalue weighted by atomic mass is 9.78. The van der Waals surface area contributed by atoms with Crippen molar-refractivity contribution in [2.45, 2.75) is 52.1 Å². The molecule has 1 aliphatic heterocycles. The standard InChI is InChI=1S/C19H29NO3/c1-14(2)12-16-13-20(11-10-19(16,3)23)18(22)9-8-15-6-4-5-7-17(15)21/h4-7,14,16,21,23H,8-13H2,1-3H3/t16-,19+/m1/s1. The summed E-state index contributed by atoms with van der Waals surface area (Å²) in [6, 6.07) is 7.15. The number of para-hydroxylation sites is 1. The number of aliphatic hydroxyl groups is 1. The SMILES string of the molecule is CC(C)C[C@@H]1CN(C(=O)CCc2ccccc2O)CC[C@]1(C)O. The first-order valence-corrected chi connectivity index (χ1v) is 8.56. The van der Waals surface area contributed by atoms with E-state index in [4.69, 9.17) is 0 Å². The van der Waals surface area contributed by atoms with Gasteiger partial charge in [-0.25, -0.2) is 0 Å². The minimum atomic E-state index is -0.682. The molecule has 128 valence electrons. The monoisotopic (exact) mass is 319 g/mol. The summed E-state index contributed by atoms with van der Waals surface area (Å²) in [7, 11) is 0. The van der Waals surface area contributed by atoms with Crippen LogP contribution in [-0.2, 0) is 11.2 Å². The Labute approximate surface area is 139 Å². The Bertz CT molecular complexity index is 539. The summed E-state index contributed by atoms with van der Waals surface area (Å²) in [5.74, 6) is 0.991. The third kappa shape index (κ3) is 4.71.